The second-order valence-electron chi connectivity index (χ2n) is 7.95. The molecule has 178 valence electrons. The SMILES string of the molecule is C=CC[C@H](CC(=O)N[C@@H](CO)Cc1ccccc1)C(=O)N[C@H](CO)COCc1ccccc1. The number of ether oxygens (including phenoxy) is 1. The van der Waals surface area contributed by atoms with E-state index in [4.69, 9.17) is 4.74 Å². The highest BCUT2D eigenvalue weighted by Crippen LogP contribution is 2.12. The Labute approximate surface area is 195 Å². The number of benzene rings is 2. The summed E-state index contributed by atoms with van der Waals surface area (Å²) in [7, 11) is 0. The largest absolute Gasteiger partial charge is 0.394 e. The molecule has 4 N–H and O–H groups in total. The van der Waals surface area contributed by atoms with Crippen LogP contribution in [0.25, 0.3) is 0 Å². The van der Waals surface area contributed by atoms with Gasteiger partial charge in [-0.05, 0) is 24.0 Å². The maximum absolute atomic E-state index is 12.8. The van der Waals surface area contributed by atoms with E-state index in [1.165, 1.54) is 0 Å². The van der Waals surface area contributed by atoms with Crippen LogP contribution in [-0.4, -0.2) is 53.9 Å². The van der Waals surface area contributed by atoms with Crippen molar-refractivity contribution in [3.63, 3.8) is 0 Å². The van der Waals surface area contributed by atoms with Gasteiger partial charge in [-0.25, -0.2) is 0 Å². The molecule has 0 unspecified atom stereocenters. The molecule has 7 nitrogen and oxygen atoms in total. The average molecular weight is 455 g/mol. The van der Waals surface area contributed by atoms with Crippen LogP contribution in [0.3, 0.4) is 0 Å². The Morgan fingerprint density at radius 1 is 0.909 bits per heavy atom. The van der Waals surface area contributed by atoms with Crippen molar-refractivity contribution in [2.45, 2.75) is 38.0 Å². The van der Waals surface area contributed by atoms with E-state index >= 15 is 0 Å². The zero-order chi connectivity index (χ0) is 23.9. The van der Waals surface area contributed by atoms with Gasteiger partial charge in [0.2, 0.25) is 11.8 Å². The molecule has 33 heavy (non-hydrogen) atoms. The number of aliphatic hydroxyl groups excluding tert-OH is 2. The number of nitrogens with one attached hydrogen (secondary N) is 2. The lowest BCUT2D eigenvalue weighted by Crippen LogP contribution is -2.45. The van der Waals surface area contributed by atoms with E-state index in [1.54, 1.807) is 6.08 Å². The summed E-state index contributed by atoms with van der Waals surface area (Å²) in [6.45, 7) is 3.71. The van der Waals surface area contributed by atoms with Crippen LogP contribution in [0, 0.1) is 5.92 Å². The van der Waals surface area contributed by atoms with Crippen LogP contribution in [0.4, 0.5) is 0 Å². The Hall–Kier alpha value is -3.00. The van der Waals surface area contributed by atoms with Gasteiger partial charge in [-0.15, -0.1) is 6.58 Å². The highest BCUT2D eigenvalue weighted by Gasteiger charge is 2.24. The molecule has 0 saturated carbocycles. The summed E-state index contributed by atoms with van der Waals surface area (Å²) in [5.41, 5.74) is 1.99. The number of allylic oxidation sites excluding steroid dienone is 1. The molecule has 0 bridgehead atoms. The van der Waals surface area contributed by atoms with Crippen molar-refractivity contribution in [2.75, 3.05) is 19.8 Å². The lowest BCUT2D eigenvalue weighted by molar-refractivity contribution is -0.131. The second-order valence-corrected chi connectivity index (χ2v) is 7.95. The zero-order valence-electron chi connectivity index (χ0n) is 18.9. The first-order valence-electron chi connectivity index (χ1n) is 11.1. The summed E-state index contributed by atoms with van der Waals surface area (Å²) < 4.78 is 5.62. The molecule has 0 aliphatic heterocycles. The Balaban J connectivity index is 1.84. The average Bonchev–Trinajstić information content (AvgIpc) is 2.83. The fourth-order valence-corrected chi connectivity index (χ4v) is 3.41. The molecule has 2 amide bonds. The highest BCUT2D eigenvalue weighted by atomic mass is 16.5. The molecule has 2 aromatic carbocycles. The van der Waals surface area contributed by atoms with Gasteiger partial charge in [-0.3, -0.25) is 9.59 Å². The van der Waals surface area contributed by atoms with Crippen molar-refractivity contribution in [1.29, 1.82) is 0 Å². The fourth-order valence-electron chi connectivity index (χ4n) is 3.41. The maximum Gasteiger partial charge on any atom is 0.224 e. The summed E-state index contributed by atoms with van der Waals surface area (Å²) in [6.07, 6.45) is 2.34. The molecule has 2 rings (SSSR count). The van der Waals surface area contributed by atoms with Crippen LogP contribution in [0.15, 0.2) is 73.3 Å². The number of rotatable bonds is 15. The maximum atomic E-state index is 12.8. The second kappa shape index (κ2) is 14.9. The van der Waals surface area contributed by atoms with Gasteiger partial charge in [0, 0.05) is 6.42 Å². The number of aliphatic hydroxyl groups is 2. The molecule has 0 saturated heterocycles. The van der Waals surface area contributed by atoms with Gasteiger partial charge in [-0.2, -0.15) is 0 Å². The molecule has 0 radical (unpaired) electrons. The zero-order valence-corrected chi connectivity index (χ0v) is 18.9. The van der Waals surface area contributed by atoms with Gasteiger partial charge in [0.05, 0.1) is 44.4 Å². The molecule has 3 atom stereocenters. The van der Waals surface area contributed by atoms with Crippen LogP contribution >= 0.6 is 0 Å². The third-order valence-corrected chi connectivity index (χ3v) is 5.16. The predicted molar refractivity (Wildman–Crippen MR) is 127 cm³/mol. The Morgan fingerprint density at radius 3 is 2.09 bits per heavy atom. The van der Waals surface area contributed by atoms with Gasteiger partial charge in [-0.1, -0.05) is 66.7 Å². The van der Waals surface area contributed by atoms with Crippen molar-refractivity contribution < 1.29 is 24.5 Å². The monoisotopic (exact) mass is 454 g/mol. The van der Waals surface area contributed by atoms with Gasteiger partial charge >= 0.3 is 0 Å². The van der Waals surface area contributed by atoms with Gasteiger partial charge in [0.1, 0.15) is 0 Å². The first-order chi connectivity index (χ1) is 16.0. The van der Waals surface area contributed by atoms with E-state index in [0.717, 1.165) is 11.1 Å². The van der Waals surface area contributed by atoms with Crippen LogP contribution < -0.4 is 10.6 Å². The first kappa shape index (κ1) is 26.3. The van der Waals surface area contributed by atoms with E-state index < -0.39 is 18.0 Å². The number of hydrogen-bond donors (Lipinski definition) is 4. The third-order valence-electron chi connectivity index (χ3n) is 5.16. The van der Waals surface area contributed by atoms with Crippen molar-refractivity contribution in [2.24, 2.45) is 5.92 Å². The summed E-state index contributed by atoms with van der Waals surface area (Å²) in [5.74, 6) is -1.31. The Bertz CT molecular complexity index is 844. The molecule has 0 heterocycles. The fraction of sp³-hybridized carbons (Fsp3) is 0.385. The van der Waals surface area contributed by atoms with E-state index in [0.29, 0.717) is 19.4 Å². The van der Waals surface area contributed by atoms with Gasteiger partial charge in [0.15, 0.2) is 0 Å². The van der Waals surface area contributed by atoms with Gasteiger partial charge in [0.25, 0.3) is 0 Å². The molecule has 0 fully saturated rings. The summed E-state index contributed by atoms with van der Waals surface area (Å²) in [6, 6.07) is 18.1. The molecule has 0 aromatic heterocycles. The standard InChI is InChI=1S/C26H34N2O5/c1-2-9-22(15-25(31)27-23(16-29)14-20-10-5-3-6-11-20)26(32)28-24(17-30)19-33-18-21-12-7-4-8-13-21/h2-8,10-13,22-24,29-30H,1,9,14-19H2,(H,27,31)(H,28,32)/t22-,23-,24-/m1/s1. The number of hydrogen-bond acceptors (Lipinski definition) is 5. The van der Waals surface area contributed by atoms with E-state index in [1.807, 2.05) is 60.7 Å². The molecular formula is C26H34N2O5. The normalized spacial score (nSPS) is 13.5. The van der Waals surface area contributed by atoms with Crippen molar-refractivity contribution in [1.82, 2.24) is 10.6 Å². The molecular weight excluding hydrogens is 420 g/mol. The Kier molecular flexibility index (Phi) is 11.9. The molecule has 7 heteroatoms. The topological polar surface area (TPSA) is 108 Å². The third kappa shape index (κ3) is 9.99. The molecule has 0 aliphatic rings. The lowest BCUT2D eigenvalue weighted by Gasteiger charge is -2.22. The molecule has 0 spiro atoms. The van der Waals surface area contributed by atoms with E-state index in [-0.39, 0.29) is 38.1 Å². The van der Waals surface area contributed by atoms with Crippen molar-refractivity contribution >= 4 is 11.8 Å². The lowest BCUT2D eigenvalue weighted by atomic mass is 9.98. The summed E-state index contributed by atoms with van der Waals surface area (Å²) >= 11 is 0. The predicted octanol–water partition coefficient (Wildman–Crippen LogP) is 1.98. The number of carbonyl (C=O) groups is 2. The van der Waals surface area contributed by atoms with Gasteiger partial charge < -0.3 is 25.6 Å². The Morgan fingerprint density at radius 2 is 1.52 bits per heavy atom. The smallest absolute Gasteiger partial charge is 0.224 e. The minimum absolute atomic E-state index is 0.0494. The van der Waals surface area contributed by atoms with Crippen molar-refractivity contribution in [3.05, 3.63) is 84.4 Å². The molecule has 0 aliphatic carbocycles. The highest BCUT2D eigenvalue weighted by molar-refractivity contribution is 5.86. The van der Waals surface area contributed by atoms with E-state index in [2.05, 4.69) is 17.2 Å². The van der Waals surface area contributed by atoms with Crippen molar-refractivity contribution in [3.8, 4) is 0 Å². The quantitative estimate of drug-likeness (QED) is 0.308. The van der Waals surface area contributed by atoms with Crippen LogP contribution in [0.1, 0.15) is 24.0 Å². The first-order valence-corrected chi connectivity index (χ1v) is 11.1. The minimum atomic E-state index is -0.637. The molecule has 2 aromatic rings. The summed E-state index contributed by atoms with van der Waals surface area (Å²) in [4.78, 5) is 25.3. The summed E-state index contributed by atoms with van der Waals surface area (Å²) in [5, 5.41) is 24.8. The van der Waals surface area contributed by atoms with Crippen LogP contribution in [0.5, 0.6) is 0 Å². The van der Waals surface area contributed by atoms with Crippen LogP contribution in [-0.2, 0) is 27.4 Å². The van der Waals surface area contributed by atoms with E-state index in [9.17, 15) is 19.8 Å². The minimum Gasteiger partial charge on any atom is -0.394 e. The van der Waals surface area contributed by atoms with Crippen LogP contribution in [0.2, 0.25) is 0 Å². The number of amides is 2. The number of carbonyl (C=O) groups excluding carboxylic acids is 2.